The van der Waals surface area contributed by atoms with Crippen molar-refractivity contribution in [2.24, 2.45) is 0 Å². The number of aliphatic hydroxyl groups is 1. The smallest absolute Gasteiger partial charge is 0.0451 e. The van der Waals surface area contributed by atoms with Crippen molar-refractivity contribution in [1.82, 2.24) is 0 Å². The molecule has 0 aliphatic heterocycles. The molecule has 1 aromatic rings. The van der Waals surface area contributed by atoms with Gasteiger partial charge < -0.3 is 5.11 Å². The lowest BCUT2D eigenvalue weighted by Gasteiger charge is -2.06. The zero-order valence-electron chi connectivity index (χ0n) is 7.32. The Labute approximate surface area is 88.1 Å². The highest BCUT2D eigenvalue weighted by Crippen LogP contribution is 2.20. The predicted molar refractivity (Wildman–Crippen MR) is 58.5 cm³/mol. The van der Waals surface area contributed by atoms with E-state index in [0.29, 0.717) is 6.42 Å². The summed E-state index contributed by atoms with van der Waals surface area (Å²) in [6, 6.07) is 10.1. The summed E-state index contributed by atoms with van der Waals surface area (Å²) in [5.74, 6) is 0.853. The van der Waals surface area contributed by atoms with Crippen molar-refractivity contribution in [1.29, 1.82) is 0 Å². The largest absolute Gasteiger partial charge is 0.396 e. The van der Waals surface area contributed by atoms with E-state index in [1.54, 1.807) is 11.8 Å². The van der Waals surface area contributed by atoms with Crippen LogP contribution in [0.5, 0.6) is 0 Å². The van der Waals surface area contributed by atoms with Crippen molar-refractivity contribution >= 4 is 23.4 Å². The third-order valence-electron chi connectivity index (χ3n) is 1.62. The Morgan fingerprint density at radius 3 is 2.62 bits per heavy atom. The molecule has 13 heavy (non-hydrogen) atoms. The van der Waals surface area contributed by atoms with E-state index >= 15 is 0 Å². The van der Waals surface area contributed by atoms with Crippen LogP contribution in [0.25, 0.3) is 0 Å². The maximum atomic E-state index is 8.64. The van der Waals surface area contributed by atoms with Gasteiger partial charge >= 0.3 is 0 Å². The molecule has 0 aromatic heterocycles. The van der Waals surface area contributed by atoms with Crippen LogP contribution in [0.4, 0.5) is 0 Å². The third kappa shape index (κ3) is 4.55. The zero-order valence-corrected chi connectivity index (χ0v) is 8.89. The van der Waals surface area contributed by atoms with E-state index in [2.05, 4.69) is 12.1 Å². The highest BCUT2D eigenvalue weighted by molar-refractivity contribution is 7.99. The van der Waals surface area contributed by atoms with E-state index in [9.17, 15) is 0 Å². The van der Waals surface area contributed by atoms with Crippen LogP contribution >= 0.6 is 23.4 Å². The van der Waals surface area contributed by atoms with Gasteiger partial charge in [-0.15, -0.1) is 23.4 Å². The second-order valence-corrected chi connectivity index (χ2v) is 4.44. The lowest BCUT2D eigenvalue weighted by molar-refractivity contribution is 0.288. The maximum absolute atomic E-state index is 8.64. The third-order valence-corrected chi connectivity index (χ3v) is 3.35. The summed E-state index contributed by atoms with van der Waals surface area (Å²) in [5, 5.41) is 8.71. The molecule has 0 aliphatic rings. The summed E-state index contributed by atoms with van der Waals surface area (Å²) in [4.78, 5) is 1.23. The van der Waals surface area contributed by atoms with Gasteiger partial charge in [-0.05, 0) is 18.6 Å². The number of hydrogen-bond donors (Lipinski definition) is 1. The summed E-state index contributed by atoms with van der Waals surface area (Å²) in [6.45, 7) is 0.170. The summed E-state index contributed by atoms with van der Waals surface area (Å²) >= 11 is 7.68. The van der Waals surface area contributed by atoms with Crippen LogP contribution in [-0.2, 0) is 0 Å². The van der Waals surface area contributed by atoms with Gasteiger partial charge in [0.15, 0.2) is 0 Å². The van der Waals surface area contributed by atoms with Crippen LogP contribution in [-0.4, -0.2) is 22.8 Å². The Balaban J connectivity index is 2.27. The molecule has 1 rings (SSSR count). The second-order valence-electron chi connectivity index (χ2n) is 2.73. The molecule has 1 nitrogen and oxygen atoms in total. The van der Waals surface area contributed by atoms with Crippen molar-refractivity contribution in [3.63, 3.8) is 0 Å². The second kappa shape index (κ2) is 6.30. The molecule has 0 amide bonds. The van der Waals surface area contributed by atoms with Crippen LogP contribution in [0.3, 0.4) is 0 Å². The molecular formula is C10H13ClOS. The lowest BCUT2D eigenvalue weighted by Crippen LogP contribution is -2.04. The van der Waals surface area contributed by atoms with Gasteiger partial charge in [0.1, 0.15) is 0 Å². The quantitative estimate of drug-likeness (QED) is 0.604. The van der Waals surface area contributed by atoms with Crippen LogP contribution < -0.4 is 0 Å². The molecule has 1 N–H and O–H groups in total. The van der Waals surface area contributed by atoms with E-state index < -0.39 is 0 Å². The fraction of sp³-hybridized carbons (Fsp3) is 0.400. The van der Waals surface area contributed by atoms with Gasteiger partial charge in [0, 0.05) is 22.6 Å². The van der Waals surface area contributed by atoms with E-state index in [1.165, 1.54) is 4.90 Å². The summed E-state index contributed by atoms with van der Waals surface area (Å²) in [7, 11) is 0. The first-order chi connectivity index (χ1) is 6.33. The van der Waals surface area contributed by atoms with Crippen molar-refractivity contribution < 1.29 is 5.11 Å². The van der Waals surface area contributed by atoms with E-state index in [-0.39, 0.29) is 12.0 Å². The van der Waals surface area contributed by atoms with Gasteiger partial charge in [-0.2, -0.15) is 0 Å². The Hall–Kier alpha value is -0.180. The SMILES string of the molecule is OCCC(Cl)CSc1ccccc1. The van der Waals surface area contributed by atoms with E-state index in [0.717, 1.165) is 5.75 Å². The number of hydrogen-bond acceptors (Lipinski definition) is 2. The molecule has 1 aromatic carbocycles. The van der Waals surface area contributed by atoms with Crippen LogP contribution in [0.2, 0.25) is 0 Å². The van der Waals surface area contributed by atoms with Crippen LogP contribution in [0.1, 0.15) is 6.42 Å². The van der Waals surface area contributed by atoms with Crippen LogP contribution in [0, 0.1) is 0 Å². The van der Waals surface area contributed by atoms with Gasteiger partial charge in [-0.25, -0.2) is 0 Å². The van der Waals surface area contributed by atoms with Crippen molar-refractivity contribution in [3.8, 4) is 0 Å². The highest BCUT2D eigenvalue weighted by atomic mass is 35.5. The van der Waals surface area contributed by atoms with Crippen LogP contribution in [0.15, 0.2) is 35.2 Å². The van der Waals surface area contributed by atoms with E-state index in [4.69, 9.17) is 16.7 Å². The first-order valence-electron chi connectivity index (χ1n) is 4.25. The minimum Gasteiger partial charge on any atom is -0.396 e. The summed E-state index contributed by atoms with van der Waals surface area (Å²) in [5.41, 5.74) is 0. The number of aliphatic hydroxyl groups excluding tert-OH is 1. The predicted octanol–water partition coefficient (Wildman–Crippen LogP) is 2.77. The van der Waals surface area contributed by atoms with Crippen molar-refractivity contribution in [3.05, 3.63) is 30.3 Å². The molecule has 0 saturated carbocycles. The van der Waals surface area contributed by atoms with Gasteiger partial charge in [-0.1, -0.05) is 18.2 Å². The molecule has 1 atom stereocenters. The Morgan fingerprint density at radius 2 is 2.00 bits per heavy atom. The summed E-state index contributed by atoms with van der Waals surface area (Å²) in [6.07, 6.45) is 0.668. The highest BCUT2D eigenvalue weighted by Gasteiger charge is 2.03. The Bertz CT molecular complexity index is 228. The molecule has 0 radical (unpaired) electrons. The standard InChI is InChI=1S/C10H13ClOS/c11-9(6-7-12)8-13-10-4-2-1-3-5-10/h1-5,9,12H,6-8H2. The molecule has 1 unspecified atom stereocenters. The topological polar surface area (TPSA) is 20.2 Å². The molecule has 0 heterocycles. The molecule has 0 aliphatic carbocycles. The number of halogens is 1. The fourth-order valence-electron chi connectivity index (χ4n) is 0.927. The normalized spacial score (nSPS) is 12.8. The zero-order chi connectivity index (χ0) is 9.52. The average molecular weight is 217 g/mol. The fourth-order valence-corrected chi connectivity index (χ4v) is 2.10. The minimum atomic E-state index is 0.0650. The van der Waals surface area contributed by atoms with Gasteiger partial charge in [0.2, 0.25) is 0 Å². The maximum Gasteiger partial charge on any atom is 0.0451 e. The summed E-state index contributed by atoms with van der Waals surface area (Å²) < 4.78 is 0. The molecule has 72 valence electrons. The number of rotatable bonds is 5. The molecular weight excluding hydrogens is 204 g/mol. The van der Waals surface area contributed by atoms with Gasteiger partial charge in [-0.3, -0.25) is 0 Å². The number of thioether (sulfide) groups is 1. The molecule has 0 spiro atoms. The number of benzene rings is 1. The van der Waals surface area contributed by atoms with Gasteiger partial charge in [0.05, 0.1) is 0 Å². The number of alkyl halides is 1. The van der Waals surface area contributed by atoms with Gasteiger partial charge in [0.25, 0.3) is 0 Å². The Kier molecular flexibility index (Phi) is 5.28. The first kappa shape index (κ1) is 10.9. The molecule has 3 heteroatoms. The monoisotopic (exact) mass is 216 g/mol. The Morgan fingerprint density at radius 1 is 1.31 bits per heavy atom. The first-order valence-corrected chi connectivity index (χ1v) is 5.68. The van der Waals surface area contributed by atoms with E-state index in [1.807, 2.05) is 18.2 Å². The lowest BCUT2D eigenvalue weighted by atomic mass is 10.3. The van der Waals surface area contributed by atoms with Crippen molar-refractivity contribution in [2.45, 2.75) is 16.7 Å². The average Bonchev–Trinajstić information content (AvgIpc) is 2.17. The molecule has 0 fully saturated rings. The van der Waals surface area contributed by atoms with Crippen molar-refractivity contribution in [2.75, 3.05) is 12.4 Å². The molecule has 0 bridgehead atoms. The minimum absolute atomic E-state index is 0.0650. The molecule has 0 saturated heterocycles.